The second kappa shape index (κ2) is 9.34. The van der Waals surface area contributed by atoms with Crippen LogP contribution in [0.25, 0.3) is 11.1 Å². The molecule has 0 spiro atoms. The Morgan fingerprint density at radius 3 is 2.86 bits per heavy atom. The Morgan fingerprint density at radius 2 is 2.18 bits per heavy atom. The number of aromatic nitrogens is 2. The maximum absolute atomic E-state index is 13.3. The van der Waals surface area contributed by atoms with E-state index in [-0.39, 0.29) is 36.1 Å². The largest absolute Gasteiger partial charge is 0.355 e. The summed E-state index contributed by atoms with van der Waals surface area (Å²) in [6.45, 7) is 7.72. The number of carbonyl (C=O) groups excluding carboxylic acids is 2. The van der Waals surface area contributed by atoms with Crippen LogP contribution in [0.4, 0.5) is 0 Å². The monoisotopic (exact) mass is 409 g/mol. The topological polar surface area (TPSA) is 114 Å². The van der Waals surface area contributed by atoms with Crippen molar-refractivity contribution in [2.75, 3.05) is 26.2 Å². The van der Waals surface area contributed by atoms with Crippen LogP contribution in [0.1, 0.15) is 54.4 Å². The van der Waals surface area contributed by atoms with Crippen molar-refractivity contribution in [3.63, 3.8) is 0 Å². The lowest BCUT2D eigenvalue weighted by Crippen LogP contribution is -2.46. The third-order valence-corrected chi connectivity index (χ3v) is 4.90. The highest BCUT2D eigenvalue weighted by atomic mass is 35.5. The summed E-state index contributed by atoms with van der Waals surface area (Å²) in [6.07, 6.45) is 1.57. The highest BCUT2D eigenvalue weighted by Crippen LogP contribution is 2.29. The molecule has 8 nitrogen and oxygen atoms in total. The van der Waals surface area contributed by atoms with Crippen LogP contribution in [0.5, 0.6) is 0 Å². The fraction of sp³-hybridized carbons (Fsp3) is 0.579. The van der Waals surface area contributed by atoms with Gasteiger partial charge < -0.3 is 20.5 Å². The minimum atomic E-state index is -0.209. The molecule has 0 saturated carbocycles. The molecule has 1 aliphatic heterocycles. The van der Waals surface area contributed by atoms with Crippen molar-refractivity contribution in [2.24, 2.45) is 11.7 Å². The minimum absolute atomic E-state index is 0. The zero-order chi connectivity index (χ0) is 19.6. The number of amides is 2. The average Bonchev–Trinajstić information content (AvgIpc) is 3.09. The number of hydrogen-bond acceptors (Lipinski definition) is 6. The van der Waals surface area contributed by atoms with Gasteiger partial charge in [-0.25, -0.2) is 4.98 Å². The summed E-state index contributed by atoms with van der Waals surface area (Å²) in [4.78, 5) is 31.7. The third kappa shape index (κ3) is 4.44. The first-order valence-corrected chi connectivity index (χ1v) is 9.46. The molecule has 1 aliphatic rings. The Morgan fingerprint density at radius 1 is 1.43 bits per heavy atom. The molecular weight excluding hydrogens is 382 g/mol. The van der Waals surface area contributed by atoms with Crippen molar-refractivity contribution in [3.8, 4) is 0 Å². The van der Waals surface area contributed by atoms with E-state index >= 15 is 0 Å². The molecule has 0 bridgehead atoms. The summed E-state index contributed by atoms with van der Waals surface area (Å²) in [5.41, 5.74) is 7.82. The quantitative estimate of drug-likeness (QED) is 0.780. The molecule has 3 N–H and O–H groups in total. The molecule has 3 heterocycles. The van der Waals surface area contributed by atoms with Crippen molar-refractivity contribution in [2.45, 2.75) is 39.5 Å². The lowest BCUT2D eigenvalue weighted by Gasteiger charge is -2.32. The van der Waals surface area contributed by atoms with E-state index in [1.165, 1.54) is 0 Å². The van der Waals surface area contributed by atoms with Gasteiger partial charge in [-0.2, -0.15) is 0 Å². The van der Waals surface area contributed by atoms with Crippen LogP contribution in [-0.4, -0.2) is 53.0 Å². The van der Waals surface area contributed by atoms with Crippen molar-refractivity contribution in [1.29, 1.82) is 0 Å². The second-order valence-electron chi connectivity index (χ2n) is 7.38. The number of carbonyl (C=O) groups is 2. The van der Waals surface area contributed by atoms with Crippen molar-refractivity contribution >= 4 is 35.3 Å². The van der Waals surface area contributed by atoms with E-state index in [0.29, 0.717) is 48.5 Å². The van der Waals surface area contributed by atoms with Crippen LogP contribution in [0, 0.1) is 12.8 Å². The maximum Gasteiger partial charge on any atom is 0.259 e. The first kappa shape index (κ1) is 22.1. The van der Waals surface area contributed by atoms with Gasteiger partial charge in [0.15, 0.2) is 0 Å². The molecule has 0 aliphatic carbocycles. The van der Waals surface area contributed by atoms with E-state index in [1.807, 2.05) is 20.8 Å². The molecule has 2 amide bonds. The number of nitrogens with one attached hydrogen (secondary N) is 1. The van der Waals surface area contributed by atoms with E-state index in [0.717, 1.165) is 18.5 Å². The number of hydrogen-bond donors (Lipinski definition) is 2. The van der Waals surface area contributed by atoms with Crippen molar-refractivity contribution in [3.05, 3.63) is 23.0 Å². The van der Waals surface area contributed by atoms with Gasteiger partial charge in [-0.05, 0) is 31.7 Å². The highest BCUT2D eigenvalue weighted by molar-refractivity contribution is 6.06. The molecule has 1 atom stereocenters. The summed E-state index contributed by atoms with van der Waals surface area (Å²) in [7, 11) is 0. The molecule has 1 unspecified atom stereocenters. The summed E-state index contributed by atoms with van der Waals surface area (Å²) in [6, 6.07) is 1.78. The number of fused-ring (bicyclic) bond motifs is 1. The smallest absolute Gasteiger partial charge is 0.259 e. The van der Waals surface area contributed by atoms with Crippen molar-refractivity contribution in [1.82, 2.24) is 20.4 Å². The minimum Gasteiger partial charge on any atom is -0.355 e. The number of likely N-dealkylation sites (tertiary alicyclic amines) is 1. The molecule has 2 aromatic heterocycles. The van der Waals surface area contributed by atoms with Crippen LogP contribution < -0.4 is 11.1 Å². The summed E-state index contributed by atoms with van der Waals surface area (Å²) >= 11 is 0. The number of halogens is 1. The lowest BCUT2D eigenvalue weighted by molar-refractivity contribution is -0.126. The Balaban J connectivity index is 0.00000280. The zero-order valence-electron chi connectivity index (χ0n) is 16.5. The predicted molar refractivity (Wildman–Crippen MR) is 109 cm³/mol. The molecule has 0 radical (unpaired) electrons. The second-order valence-corrected chi connectivity index (χ2v) is 7.38. The number of nitrogens with two attached hydrogens (primary N) is 1. The standard InChI is InChI=1S/C19H27N5O3.ClH/c1-11(2)16-15-14(9-12(3)22-18(15)27-23-16)19(26)24-8-4-5-13(10-24)17(25)21-7-6-20;/h9,11,13H,4-8,10,20H2,1-3H3,(H,21,25);1H. The predicted octanol–water partition coefficient (Wildman–Crippen LogP) is 2.00. The highest BCUT2D eigenvalue weighted by Gasteiger charge is 2.31. The van der Waals surface area contributed by atoms with Gasteiger partial charge in [0.05, 0.1) is 22.6 Å². The van der Waals surface area contributed by atoms with Gasteiger partial charge in [0.1, 0.15) is 0 Å². The van der Waals surface area contributed by atoms with E-state index in [4.69, 9.17) is 10.3 Å². The Hall–Kier alpha value is -2.19. The fourth-order valence-corrected chi connectivity index (χ4v) is 3.54. The van der Waals surface area contributed by atoms with Gasteiger partial charge in [0.25, 0.3) is 11.6 Å². The number of aryl methyl sites for hydroxylation is 1. The molecule has 1 saturated heterocycles. The lowest BCUT2D eigenvalue weighted by atomic mass is 9.95. The van der Waals surface area contributed by atoms with Gasteiger partial charge >= 0.3 is 0 Å². The van der Waals surface area contributed by atoms with Gasteiger partial charge in [0.2, 0.25) is 5.91 Å². The third-order valence-electron chi connectivity index (χ3n) is 4.90. The molecule has 9 heteroatoms. The van der Waals surface area contributed by atoms with E-state index in [2.05, 4.69) is 15.5 Å². The Kier molecular flexibility index (Phi) is 7.37. The number of pyridine rings is 1. The van der Waals surface area contributed by atoms with Gasteiger partial charge in [-0.1, -0.05) is 19.0 Å². The normalized spacial score (nSPS) is 16.9. The first-order chi connectivity index (χ1) is 12.9. The fourth-order valence-electron chi connectivity index (χ4n) is 3.54. The van der Waals surface area contributed by atoms with Crippen LogP contribution in [0.3, 0.4) is 0 Å². The zero-order valence-corrected chi connectivity index (χ0v) is 17.3. The number of nitrogens with zero attached hydrogens (tertiary/aromatic N) is 3. The Labute approximate surface area is 170 Å². The van der Waals surface area contributed by atoms with Crippen LogP contribution >= 0.6 is 12.4 Å². The van der Waals surface area contributed by atoms with Gasteiger partial charge in [0, 0.05) is 31.9 Å². The van der Waals surface area contributed by atoms with Crippen LogP contribution in [0.15, 0.2) is 10.6 Å². The summed E-state index contributed by atoms with van der Waals surface area (Å²) in [5.74, 6) is -0.244. The summed E-state index contributed by atoms with van der Waals surface area (Å²) < 4.78 is 5.37. The first-order valence-electron chi connectivity index (χ1n) is 9.46. The SMILES string of the molecule is Cc1cc(C(=O)N2CCCC(C(=O)NCCN)C2)c2c(C(C)C)noc2n1.Cl. The molecule has 3 rings (SSSR count). The van der Waals surface area contributed by atoms with E-state index < -0.39 is 0 Å². The average molecular weight is 410 g/mol. The van der Waals surface area contributed by atoms with Gasteiger partial charge in [-0.3, -0.25) is 9.59 Å². The molecule has 1 fully saturated rings. The van der Waals surface area contributed by atoms with E-state index in [1.54, 1.807) is 11.0 Å². The van der Waals surface area contributed by atoms with Gasteiger partial charge in [-0.15, -0.1) is 12.4 Å². The van der Waals surface area contributed by atoms with Crippen LogP contribution in [0.2, 0.25) is 0 Å². The summed E-state index contributed by atoms with van der Waals surface area (Å²) in [5, 5.41) is 7.62. The number of piperidine rings is 1. The number of rotatable bonds is 5. The molecule has 154 valence electrons. The van der Waals surface area contributed by atoms with E-state index in [9.17, 15) is 9.59 Å². The molecule has 2 aromatic rings. The Bertz CT molecular complexity index is 851. The molecular formula is C19H28ClN5O3. The molecule has 0 aromatic carbocycles. The maximum atomic E-state index is 13.3. The molecule has 28 heavy (non-hydrogen) atoms. The van der Waals surface area contributed by atoms with Crippen LogP contribution in [-0.2, 0) is 4.79 Å². The van der Waals surface area contributed by atoms with Crippen molar-refractivity contribution < 1.29 is 14.1 Å².